The van der Waals surface area contributed by atoms with E-state index in [9.17, 15) is 0 Å². The summed E-state index contributed by atoms with van der Waals surface area (Å²) < 4.78 is 0. The molecule has 1 aromatic carbocycles. The van der Waals surface area contributed by atoms with E-state index in [1.165, 1.54) is 16.8 Å². The number of aromatic nitrogens is 3. The van der Waals surface area contributed by atoms with Crippen LogP contribution < -0.4 is 0 Å². The number of thiophene rings is 1. The number of fused-ring (bicyclic) bond motifs is 1. The van der Waals surface area contributed by atoms with Gasteiger partial charge in [-0.3, -0.25) is 5.10 Å². The first-order valence-corrected chi connectivity index (χ1v) is 9.99. The van der Waals surface area contributed by atoms with Crippen LogP contribution in [0.3, 0.4) is 0 Å². The van der Waals surface area contributed by atoms with Crippen LogP contribution in [0.4, 0.5) is 0 Å². The van der Waals surface area contributed by atoms with Crippen molar-refractivity contribution in [2.24, 2.45) is 0 Å². The highest BCUT2D eigenvalue weighted by atomic mass is 32.1. The van der Waals surface area contributed by atoms with Crippen LogP contribution in [0.25, 0.3) is 17.5 Å². The summed E-state index contributed by atoms with van der Waals surface area (Å²) >= 11 is 3.34. The summed E-state index contributed by atoms with van der Waals surface area (Å²) in [5.41, 5.74) is 8.54. The molecule has 1 aliphatic carbocycles. The first-order chi connectivity index (χ1) is 12.4. The monoisotopic (exact) mass is 361 g/mol. The van der Waals surface area contributed by atoms with Crippen LogP contribution in [0.15, 0.2) is 64.1 Å². The Morgan fingerprint density at radius 2 is 1.92 bits per heavy atom. The molecule has 0 radical (unpaired) electrons. The molecular formula is C20H15N3S2. The normalized spacial score (nSPS) is 19.0. The first kappa shape index (κ1) is 14.8. The summed E-state index contributed by atoms with van der Waals surface area (Å²) in [5, 5.41) is 14.3. The Morgan fingerprint density at radius 3 is 2.68 bits per heavy atom. The van der Waals surface area contributed by atoms with E-state index in [-0.39, 0.29) is 5.41 Å². The number of H-pyrrole nitrogens is 1. The molecule has 1 atom stereocenters. The van der Waals surface area contributed by atoms with E-state index in [0.717, 1.165) is 23.4 Å². The second-order valence-corrected chi connectivity index (χ2v) is 7.70. The van der Waals surface area contributed by atoms with Gasteiger partial charge in [0.1, 0.15) is 11.4 Å². The van der Waals surface area contributed by atoms with Crippen LogP contribution in [0.1, 0.15) is 22.4 Å². The lowest BCUT2D eigenvalue weighted by atomic mass is 9.69. The largest absolute Gasteiger partial charge is 0.281 e. The molecule has 0 saturated heterocycles. The molecule has 1 unspecified atom stereocenters. The average Bonchev–Trinajstić information content (AvgIpc) is 3.42. The minimum absolute atomic E-state index is 0.153. The molecule has 0 aliphatic heterocycles. The Balaban J connectivity index is 1.66. The molecule has 0 spiro atoms. The van der Waals surface area contributed by atoms with Gasteiger partial charge in [0.2, 0.25) is 0 Å². The molecule has 1 aliphatic rings. The maximum Gasteiger partial charge on any atom is 0.119 e. The van der Waals surface area contributed by atoms with Crippen molar-refractivity contribution in [1.82, 2.24) is 15.2 Å². The first-order valence-electron chi connectivity index (χ1n) is 8.10. The number of nitrogens with zero attached hydrogens (tertiary/aromatic N) is 2. The van der Waals surface area contributed by atoms with Gasteiger partial charge < -0.3 is 0 Å². The average molecular weight is 361 g/mol. The van der Waals surface area contributed by atoms with Crippen molar-refractivity contribution in [3.8, 4) is 11.4 Å². The molecule has 0 bridgehead atoms. The molecule has 0 saturated carbocycles. The number of thiazole rings is 1. The van der Waals surface area contributed by atoms with Gasteiger partial charge in [0.25, 0.3) is 0 Å². The highest BCUT2D eigenvalue weighted by molar-refractivity contribution is 7.08. The summed E-state index contributed by atoms with van der Waals surface area (Å²) in [5.74, 6) is 0. The molecule has 25 heavy (non-hydrogen) atoms. The summed E-state index contributed by atoms with van der Waals surface area (Å²) in [6.45, 7) is 0. The van der Waals surface area contributed by atoms with E-state index in [0.29, 0.717) is 0 Å². The summed E-state index contributed by atoms with van der Waals surface area (Å²) in [7, 11) is 0. The SMILES string of the molecule is C1=CC(c2ccccc2)(c2ccsc2)Cc2[nH]nc(-c3cscn3)c21. The zero-order chi connectivity index (χ0) is 16.7. The minimum Gasteiger partial charge on any atom is -0.281 e. The van der Waals surface area contributed by atoms with Gasteiger partial charge in [-0.1, -0.05) is 42.5 Å². The molecule has 122 valence electrons. The highest BCUT2D eigenvalue weighted by Crippen LogP contribution is 2.43. The quantitative estimate of drug-likeness (QED) is 0.548. The summed E-state index contributed by atoms with van der Waals surface area (Å²) in [4.78, 5) is 4.42. The Labute approximate surface area is 153 Å². The number of aromatic amines is 1. The van der Waals surface area contributed by atoms with E-state index in [2.05, 4.69) is 74.5 Å². The van der Waals surface area contributed by atoms with Gasteiger partial charge in [0, 0.05) is 28.5 Å². The third-order valence-electron chi connectivity index (χ3n) is 4.87. The highest BCUT2D eigenvalue weighted by Gasteiger charge is 2.36. The maximum atomic E-state index is 4.55. The lowest BCUT2D eigenvalue weighted by Crippen LogP contribution is -2.30. The van der Waals surface area contributed by atoms with Crippen molar-refractivity contribution in [2.75, 3.05) is 0 Å². The molecule has 5 rings (SSSR count). The van der Waals surface area contributed by atoms with E-state index in [1.807, 2.05) is 10.9 Å². The van der Waals surface area contributed by atoms with Gasteiger partial charge in [-0.2, -0.15) is 16.4 Å². The number of hydrogen-bond donors (Lipinski definition) is 1. The van der Waals surface area contributed by atoms with Crippen molar-refractivity contribution in [3.63, 3.8) is 0 Å². The fourth-order valence-corrected chi connectivity index (χ4v) is 4.88. The Kier molecular flexibility index (Phi) is 3.43. The molecule has 5 heteroatoms. The van der Waals surface area contributed by atoms with Gasteiger partial charge in [0.15, 0.2) is 0 Å². The van der Waals surface area contributed by atoms with Crippen LogP contribution in [0.5, 0.6) is 0 Å². The van der Waals surface area contributed by atoms with E-state index >= 15 is 0 Å². The van der Waals surface area contributed by atoms with E-state index in [4.69, 9.17) is 0 Å². The van der Waals surface area contributed by atoms with Gasteiger partial charge in [-0.15, -0.1) is 11.3 Å². The smallest absolute Gasteiger partial charge is 0.119 e. The van der Waals surface area contributed by atoms with Crippen molar-refractivity contribution in [2.45, 2.75) is 11.8 Å². The molecular weight excluding hydrogens is 346 g/mol. The second-order valence-electron chi connectivity index (χ2n) is 6.20. The van der Waals surface area contributed by atoms with Crippen LogP contribution in [0.2, 0.25) is 0 Å². The van der Waals surface area contributed by atoms with Crippen molar-refractivity contribution in [3.05, 3.63) is 86.5 Å². The zero-order valence-electron chi connectivity index (χ0n) is 13.3. The lowest BCUT2D eigenvalue weighted by Gasteiger charge is -2.33. The molecule has 3 heterocycles. The Hall–Kier alpha value is -2.50. The third kappa shape index (κ3) is 2.31. The number of rotatable bonds is 3. The number of allylic oxidation sites excluding steroid dienone is 1. The molecule has 0 fully saturated rings. The fourth-order valence-electron chi connectivity index (χ4n) is 3.61. The van der Waals surface area contributed by atoms with E-state index in [1.54, 1.807) is 22.7 Å². The fraction of sp³-hybridized carbons (Fsp3) is 0.100. The second kappa shape index (κ2) is 5.79. The predicted octanol–water partition coefficient (Wildman–Crippen LogP) is 5.15. The Bertz CT molecular complexity index is 1010. The van der Waals surface area contributed by atoms with Gasteiger partial charge in [0.05, 0.1) is 5.51 Å². The van der Waals surface area contributed by atoms with Crippen LogP contribution in [0, 0.1) is 0 Å². The number of nitrogens with one attached hydrogen (secondary N) is 1. The van der Waals surface area contributed by atoms with Crippen molar-refractivity contribution >= 4 is 28.7 Å². The van der Waals surface area contributed by atoms with Crippen molar-refractivity contribution in [1.29, 1.82) is 0 Å². The molecule has 3 nitrogen and oxygen atoms in total. The van der Waals surface area contributed by atoms with Crippen LogP contribution in [-0.4, -0.2) is 15.2 Å². The third-order valence-corrected chi connectivity index (χ3v) is 6.14. The van der Waals surface area contributed by atoms with Crippen LogP contribution >= 0.6 is 22.7 Å². The molecule has 0 amide bonds. The maximum absolute atomic E-state index is 4.55. The number of benzene rings is 1. The van der Waals surface area contributed by atoms with Gasteiger partial charge in [-0.25, -0.2) is 4.98 Å². The van der Waals surface area contributed by atoms with Gasteiger partial charge >= 0.3 is 0 Å². The summed E-state index contributed by atoms with van der Waals surface area (Å²) in [6, 6.07) is 12.9. The molecule has 4 aromatic rings. The number of hydrogen-bond acceptors (Lipinski definition) is 4. The van der Waals surface area contributed by atoms with Crippen LogP contribution in [-0.2, 0) is 11.8 Å². The van der Waals surface area contributed by atoms with E-state index < -0.39 is 0 Å². The minimum atomic E-state index is -0.153. The summed E-state index contributed by atoms with van der Waals surface area (Å²) in [6.07, 6.45) is 5.41. The predicted molar refractivity (Wildman–Crippen MR) is 104 cm³/mol. The van der Waals surface area contributed by atoms with Gasteiger partial charge in [-0.05, 0) is 28.0 Å². The lowest BCUT2D eigenvalue weighted by molar-refractivity contribution is 0.623. The molecule has 1 N–H and O–H groups in total. The molecule has 3 aromatic heterocycles. The zero-order valence-corrected chi connectivity index (χ0v) is 15.0. The van der Waals surface area contributed by atoms with Crippen molar-refractivity contribution < 1.29 is 0 Å². The Morgan fingerprint density at radius 1 is 1.00 bits per heavy atom. The standard InChI is InChI=1S/C20H15N3S2/c1-2-4-14(5-3-1)20(15-7-9-24-11-15)8-6-16-17(10-20)22-23-19(16)18-12-25-13-21-18/h1-9,11-13H,10H2,(H,22,23). The topological polar surface area (TPSA) is 41.6 Å².